The lowest BCUT2D eigenvalue weighted by atomic mass is 10.2. The highest BCUT2D eigenvalue weighted by molar-refractivity contribution is 7.99. The molecule has 0 radical (unpaired) electrons. The number of hydrogen-bond acceptors (Lipinski definition) is 7. The molecule has 4 rings (SSSR count). The topological polar surface area (TPSA) is 127 Å². The molecule has 31 heavy (non-hydrogen) atoms. The number of hydrogen-bond donors (Lipinski definition) is 2. The van der Waals surface area contributed by atoms with Crippen LogP contribution in [0.15, 0.2) is 63.4 Å². The first-order valence-electron chi connectivity index (χ1n) is 9.66. The molecule has 2 heterocycles. The Labute approximate surface area is 183 Å². The van der Waals surface area contributed by atoms with Gasteiger partial charge in [0.2, 0.25) is 15.9 Å². The summed E-state index contributed by atoms with van der Waals surface area (Å²) < 4.78 is 27.8. The van der Waals surface area contributed by atoms with E-state index in [2.05, 4.69) is 10.3 Å². The lowest BCUT2D eigenvalue weighted by Gasteiger charge is -2.16. The molecular formula is C20H21N5O4S2. The van der Waals surface area contributed by atoms with E-state index in [1.807, 2.05) is 0 Å². The van der Waals surface area contributed by atoms with Gasteiger partial charge in [-0.15, -0.1) is 0 Å². The molecule has 3 aromatic rings. The van der Waals surface area contributed by atoms with Gasteiger partial charge in [0, 0.05) is 18.8 Å². The monoisotopic (exact) mass is 459 g/mol. The lowest BCUT2D eigenvalue weighted by Crippen LogP contribution is -2.30. The molecule has 3 N–H and O–H groups in total. The summed E-state index contributed by atoms with van der Waals surface area (Å²) in [5.74, 6) is 5.41. The van der Waals surface area contributed by atoms with Crippen molar-refractivity contribution in [2.45, 2.75) is 22.9 Å². The number of nitrogen functional groups attached to an aromatic ring is 1. The van der Waals surface area contributed by atoms with Crippen LogP contribution in [0.5, 0.6) is 0 Å². The molecule has 1 saturated heterocycles. The standard InChI is InChI=1S/C20H21N5O4S2/c21-25-19(27)16-8-1-2-9-17(16)23-20(25)30-13-18(26)22-14-6-5-7-15(12-14)31(28,29)24-10-3-4-11-24/h1-2,5-9,12H,3-4,10-11,13,21H2,(H,22,26). The number of carbonyl (C=O) groups is 1. The molecular weight excluding hydrogens is 438 g/mol. The number of benzene rings is 2. The zero-order valence-electron chi connectivity index (χ0n) is 16.5. The van der Waals surface area contributed by atoms with Crippen molar-refractivity contribution in [2.24, 2.45) is 0 Å². The molecule has 1 aliphatic heterocycles. The molecule has 1 amide bonds. The van der Waals surface area contributed by atoms with Crippen LogP contribution in [0, 0.1) is 0 Å². The number of amides is 1. The van der Waals surface area contributed by atoms with Gasteiger partial charge >= 0.3 is 0 Å². The van der Waals surface area contributed by atoms with Crippen LogP contribution in [-0.2, 0) is 14.8 Å². The Morgan fingerprint density at radius 1 is 1.13 bits per heavy atom. The smallest absolute Gasteiger partial charge is 0.280 e. The Bertz CT molecular complexity index is 1300. The molecule has 11 heteroatoms. The molecule has 162 valence electrons. The van der Waals surface area contributed by atoms with Crippen LogP contribution in [-0.4, -0.2) is 47.1 Å². The second-order valence-corrected chi connectivity index (χ2v) is 9.94. The van der Waals surface area contributed by atoms with E-state index in [-0.39, 0.29) is 21.7 Å². The normalized spacial score (nSPS) is 14.7. The van der Waals surface area contributed by atoms with Crippen LogP contribution < -0.4 is 16.7 Å². The van der Waals surface area contributed by atoms with E-state index < -0.39 is 15.6 Å². The van der Waals surface area contributed by atoms with E-state index in [1.54, 1.807) is 36.4 Å². The van der Waals surface area contributed by atoms with E-state index in [9.17, 15) is 18.0 Å². The van der Waals surface area contributed by atoms with Crippen LogP contribution in [0.2, 0.25) is 0 Å². The third-order valence-electron chi connectivity index (χ3n) is 4.93. The van der Waals surface area contributed by atoms with Gasteiger partial charge in [0.1, 0.15) is 0 Å². The molecule has 0 unspecified atom stereocenters. The molecule has 2 aromatic carbocycles. The number of nitrogens with zero attached hydrogens (tertiary/aromatic N) is 3. The number of rotatable bonds is 6. The van der Waals surface area contributed by atoms with Gasteiger partial charge < -0.3 is 11.2 Å². The largest absolute Gasteiger partial charge is 0.334 e. The molecule has 0 atom stereocenters. The Kier molecular flexibility index (Phi) is 5.99. The van der Waals surface area contributed by atoms with E-state index in [0.717, 1.165) is 29.3 Å². The van der Waals surface area contributed by atoms with E-state index >= 15 is 0 Å². The highest BCUT2D eigenvalue weighted by atomic mass is 32.2. The highest BCUT2D eigenvalue weighted by Crippen LogP contribution is 2.23. The van der Waals surface area contributed by atoms with Crippen molar-refractivity contribution < 1.29 is 13.2 Å². The predicted molar refractivity (Wildman–Crippen MR) is 120 cm³/mol. The van der Waals surface area contributed by atoms with Crippen molar-refractivity contribution >= 4 is 44.3 Å². The van der Waals surface area contributed by atoms with Crippen LogP contribution in [0.3, 0.4) is 0 Å². The fourth-order valence-electron chi connectivity index (χ4n) is 3.37. The number of para-hydroxylation sites is 1. The Hall–Kier alpha value is -2.89. The number of nitrogens with one attached hydrogen (secondary N) is 1. The summed E-state index contributed by atoms with van der Waals surface area (Å²) >= 11 is 1.02. The summed E-state index contributed by atoms with van der Waals surface area (Å²) in [5, 5.41) is 3.30. The third-order valence-corrected chi connectivity index (χ3v) is 7.78. The zero-order valence-corrected chi connectivity index (χ0v) is 18.2. The summed E-state index contributed by atoms with van der Waals surface area (Å²) in [7, 11) is -3.57. The highest BCUT2D eigenvalue weighted by Gasteiger charge is 2.27. The summed E-state index contributed by atoms with van der Waals surface area (Å²) in [6.45, 7) is 1.02. The number of carbonyl (C=O) groups excluding carboxylic acids is 1. The zero-order chi connectivity index (χ0) is 22.0. The van der Waals surface area contributed by atoms with Gasteiger partial charge in [-0.1, -0.05) is 30.0 Å². The average Bonchev–Trinajstić information content (AvgIpc) is 3.31. The number of fused-ring (bicyclic) bond motifs is 1. The molecule has 1 fully saturated rings. The second-order valence-electron chi connectivity index (χ2n) is 7.06. The molecule has 0 bridgehead atoms. The fraction of sp³-hybridized carbons (Fsp3) is 0.250. The maximum absolute atomic E-state index is 12.7. The lowest BCUT2D eigenvalue weighted by molar-refractivity contribution is -0.113. The maximum Gasteiger partial charge on any atom is 0.280 e. The summed E-state index contributed by atoms with van der Waals surface area (Å²) in [6.07, 6.45) is 1.70. The second kappa shape index (κ2) is 8.69. The van der Waals surface area contributed by atoms with Crippen LogP contribution in [0.4, 0.5) is 5.69 Å². The number of anilines is 1. The van der Waals surface area contributed by atoms with Gasteiger partial charge in [0.25, 0.3) is 5.56 Å². The minimum absolute atomic E-state index is 0.0505. The quantitative estimate of drug-likeness (QED) is 0.326. The van der Waals surface area contributed by atoms with E-state index in [0.29, 0.717) is 29.7 Å². The van der Waals surface area contributed by atoms with Gasteiger partial charge in [-0.3, -0.25) is 9.59 Å². The molecule has 1 aliphatic rings. The average molecular weight is 460 g/mol. The third kappa shape index (κ3) is 4.43. The maximum atomic E-state index is 12.7. The SMILES string of the molecule is Nn1c(SCC(=O)Nc2cccc(S(=O)(=O)N3CCCC3)c2)nc2ccccc2c1=O. The summed E-state index contributed by atoms with van der Waals surface area (Å²) in [4.78, 5) is 29.2. The van der Waals surface area contributed by atoms with Crippen molar-refractivity contribution in [3.8, 4) is 0 Å². The Morgan fingerprint density at radius 3 is 2.65 bits per heavy atom. The predicted octanol–water partition coefficient (Wildman–Crippen LogP) is 1.63. The molecule has 0 saturated carbocycles. The van der Waals surface area contributed by atoms with Gasteiger partial charge in [-0.25, -0.2) is 18.1 Å². The molecule has 9 nitrogen and oxygen atoms in total. The van der Waals surface area contributed by atoms with Gasteiger partial charge in [-0.2, -0.15) is 4.31 Å². The minimum atomic E-state index is -3.57. The van der Waals surface area contributed by atoms with Crippen molar-refractivity contribution in [1.82, 2.24) is 14.0 Å². The van der Waals surface area contributed by atoms with Crippen molar-refractivity contribution in [2.75, 3.05) is 30.0 Å². The minimum Gasteiger partial charge on any atom is -0.334 e. The van der Waals surface area contributed by atoms with Crippen molar-refractivity contribution in [1.29, 1.82) is 0 Å². The van der Waals surface area contributed by atoms with E-state index in [4.69, 9.17) is 5.84 Å². The van der Waals surface area contributed by atoms with Crippen LogP contribution in [0.25, 0.3) is 10.9 Å². The number of sulfonamides is 1. The van der Waals surface area contributed by atoms with Crippen molar-refractivity contribution in [3.05, 3.63) is 58.9 Å². The van der Waals surface area contributed by atoms with E-state index in [1.165, 1.54) is 16.4 Å². The van der Waals surface area contributed by atoms with Crippen LogP contribution >= 0.6 is 11.8 Å². The molecule has 0 spiro atoms. The molecule has 1 aromatic heterocycles. The summed E-state index contributed by atoms with van der Waals surface area (Å²) in [5.41, 5.74) is 0.479. The summed E-state index contributed by atoms with van der Waals surface area (Å²) in [6, 6.07) is 13.0. The van der Waals surface area contributed by atoms with Gasteiger partial charge in [0.15, 0.2) is 5.16 Å². The van der Waals surface area contributed by atoms with Crippen LogP contribution in [0.1, 0.15) is 12.8 Å². The van der Waals surface area contributed by atoms with Gasteiger partial charge in [0.05, 0.1) is 21.6 Å². The first-order valence-corrected chi connectivity index (χ1v) is 12.1. The number of thioether (sulfide) groups is 1. The fourth-order valence-corrected chi connectivity index (χ4v) is 5.65. The van der Waals surface area contributed by atoms with Gasteiger partial charge in [-0.05, 0) is 43.2 Å². The Morgan fingerprint density at radius 2 is 1.87 bits per heavy atom. The van der Waals surface area contributed by atoms with Crippen molar-refractivity contribution in [3.63, 3.8) is 0 Å². The first-order chi connectivity index (χ1) is 14.9. The number of aromatic nitrogens is 2. The Balaban J connectivity index is 1.46. The molecule has 0 aliphatic carbocycles. The number of nitrogens with two attached hydrogens (primary N) is 1. The first kappa shape index (κ1) is 21.3.